The summed E-state index contributed by atoms with van der Waals surface area (Å²) in [5.74, 6) is 5.42. The van der Waals surface area contributed by atoms with Crippen LogP contribution < -0.4 is 0 Å². The average Bonchev–Trinajstić information content (AvgIpc) is 3.06. The maximum Gasteiger partial charge on any atom is 0.0543 e. The van der Waals surface area contributed by atoms with Crippen molar-refractivity contribution in [2.75, 3.05) is 0 Å². The quantitative estimate of drug-likeness (QED) is 0.457. The number of rotatable bonds is 5. The van der Waals surface area contributed by atoms with E-state index in [4.69, 9.17) is 0 Å². The number of fused-ring (bicyclic) bond motifs is 5. The largest absolute Gasteiger partial charge is 0.393 e. The van der Waals surface area contributed by atoms with Crippen molar-refractivity contribution in [2.24, 2.45) is 52.3 Å². The molecule has 4 aliphatic carbocycles. The first-order valence-corrected chi connectivity index (χ1v) is 13.3. The molecule has 9 atom stereocenters. The van der Waals surface area contributed by atoms with Crippen LogP contribution in [0, 0.1) is 52.3 Å². The fourth-order valence-electron chi connectivity index (χ4n) is 8.69. The summed E-state index contributed by atoms with van der Waals surface area (Å²) < 4.78 is 0. The monoisotopic (exact) mass is 412 g/mol. The van der Waals surface area contributed by atoms with Crippen molar-refractivity contribution in [2.45, 2.75) is 105 Å². The van der Waals surface area contributed by atoms with Crippen LogP contribution in [0.3, 0.4) is 0 Å². The Labute approximate surface area is 186 Å². The molecule has 0 amide bonds. The van der Waals surface area contributed by atoms with Crippen LogP contribution in [0.1, 0.15) is 99.3 Å². The van der Waals surface area contributed by atoms with Gasteiger partial charge in [0.2, 0.25) is 0 Å². The Hall–Kier alpha value is -0.560. The zero-order valence-electron chi connectivity index (χ0n) is 20.7. The van der Waals surface area contributed by atoms with E-state index in [9.17, 15) is 5.11 Å². The van der Waals surface area contributed by atoms with E-state index >= 15 is 0 Å². The molecule has 0 radical (unpaired) electrons. The molecule has 170 valence electrons. The van der Waals surface area contributed by atoms with Gasteiger partial charge in [0.1, 0.15) is 0 Å². The van der Waals surface area contributed by atoms with Gasteiger partial charge in [-0.15, -0.1) is 0 Å². The van der Waals surface area contributed by atoms with Gasteiger partial charge in [-0.05, 0) is 110 Å². The molecule has 4 rings (SSSR count). The van der Waals surface area contributed by atoms with Crippen molar-refractivity contribution in [1.82, 2.24) is 0 Å². The van der Waals surface area contributed by atoms with Crippen LogP contribution in [-0.2, 0) is 0 Å². The zero-order chi connectivity index (χ0) is 21.7. The van der Waals surface area contributed by atoms with Crippen LogP contribution in [-0.4, -0.2) is 11.2 Å². The Kier molecular flexibility index (Phi) is 6.35. The number of hydrogen-bond acceptors (Lipinski definition) is 1. The summed E-state index contributed by atoms with van der Waals surface area (Å²) in [7, 11) is 0. The predicted octanol–water partition coefficient (Wildman–Crippen LogP) is 7.80. The Morgan fingerprint density at radius 1 is 1.07 bits per heavy atom. The number of aliphatic hydroxyl groups excluding tert-OH is 1. The summed E-state index contributed by atoms with van der Waals surface area (Å²) >= 11 is 0. The number of aliphatic hydroxyl groups is 1. The van der Waals surface area contributed by atoms with Crippen molar-refractivity contribution in [3.05, 3.63) is 23.8 Å². The minimum atomic E-state index is -0.0460. The summed E-state index contributed by atoms with van der Waals surface area (Å²) in [5.41, 5.74) is 2.68. The van der Waals surface area contributed by atoms with Crippen molar-refractivity contribution in [1.29, 1.82) is 0 Å². The summed E-state index contributed by atoms with van der Waals surface area (Å²) in [6.07, 6.45) is 19.2. The molecular formula is C29H48O. The van der Waals surface area contributed by atoms with Crippen LogP contribution in [0.4, 0.5) is 0 Å². The number of allylic oxidation sites excluding steroid dienone is 4. The van der Waals surface area contributed by atoms with Crippen LogP contribution >= 0.6 is 0 Å². The van der Waals surface area contributed by atoms with Crippen molar-refractivity contribution >= 4 is 0 Å². The Morgan fingerprint density at radius 3 is 2.53 bits per heavy atom. The van der Waals surface area contributed by atoms with Gasteiger partial charge in [-0.3, -0.25) is 0 Å². The smallest absolute Gasteiger partial charge is 0.0543 e. The molecule has 4 aliphatic rings. The standard InChI is InChI=1S/C29H48O/c1-7-21(19(2)3)9-8-20(4)25-12-13-26-24-11-10-22-18-23(30)14-16-28(22,5)27(24)15-17-29(25,26)6/h8-9,15,19-26,30H,7,10-14,16-18H2,1-6H3. The highest BCUT2D eigenvalue weighted by atomic mass is 16.3. The molecule has 9 unspecified atom stereocenters. The third-order valence-corrected chi connectivity index (χ3v) is 10.7. The fourth-order valence-corrected chi connectivity index (χ4v) is 8.69. The lowest BCUT2D eigenvalue weighted by Gasteiger charge is -2.57. The summed E-state index contributed by atoms with van der Waals surface area (Å²) in [6.45, 7) is 14.8. The lowest BCUT2D eigenvalue weighted by atomic mass is 9.48. The molecule has 0 bridgehead atoms. The topological polar surface area (TPSA) is 20.2 Å². The van der Waals surface area contributed by atoms with Gasteiger partial charge in [0.15, 0.2) is 0 Å². The molecule has 0 spiro atoms. The highest BCUT2D eigenvalue weighted by molar-refractivity contribution is 5.29. The maximum absolute atomic E-state index is 10.3. The van der Waals surface area contributed by atoms with E-state index < -0.39 is 0 Å². The Balaban J connectivity index is 1.54. The second-order valence-electron chi connectivity index (χ2n) is 12.4. The normalized spacial score (nSPS) is 45.6. The van der Waals surface area contributed by atoms with E-state index in [1.54, 1.807) is 0 Å². The lowest BCUT2D eigenvalue weighted by Crippen LogP contribution is -2.48. The minimum Gasteiger partial charge on any atom is -0.393 e. The number of hydrogen-bond donors (Lipinski definition) is 1. The van der Waals surface area contributed by atoms with E-state index in [2.05, 4.69) is 59.8 Å². The van der Waals surface area contributed by atoms with E-state index in [-0.39, 0.29) is 6.10 Å². The molecule has 3 fully saturated rings. The first-order valence-electron chi connectivity index (χ1n) is 13.3. The van der Waals surface area contributed by atoms with Crippen LogP contribution in [0.2, 0.25) is 0 Å². The minimum absolute atomic E-state index is 0.0460. The highest BCUT2D eigenvalue weighted by Crippen LogP contribution is 2.66. The van der Waals surface area contributed by atoms with Crippen molar-refractivity contribution in [3.8, 4) is 0 Å². The fraction of sp³-hybridized carbons (Fsp3) is 0.862. The third-order valence-electron chi connectivity index (χ3n) is 10.7. The highest BCUT2D eigenvalue weighted by Gasteiger charge is 2.57. The van der Waals surface area contributed by atoms with Gasteiger partial charge in [0.05, 0.1) is 6.10 Å². The van der Waals surface area contributed by atoms with Gasteiger partial charge < -0.3 is 5.11 Å². The first kappa shape index (κ1) is 22.6. The van der Waals surface area contributed by atoms with E-state index in [1.807, 2.05) is 5.57 Å². The summed E-state index contributed by atoms with van der Waals surface area (Å²) in [6, 6.07) is 0. The molecule has 0 aromatic carbocycles. The first-order chi connectivity index (χ1) is 14.2. The Bertz CT molecular complexity index is 674. The van der Waals surface area contributed by atoms with Crippen molar-refractivity contribution < 1.29 is 5.11 Å². The molecule has 1 N–H and O–H groups in total. The second-order valence-corrected chi connectivity index (χ2v) is 12.4. The molecule has 0 saturated heterocycles. The van der Waals surface area contributed by atoms with Gasteiger partial charge >= 0.3 is 0 Å². The lowest BCUT2D eigenvalue weighted by molar-refractivity contribution is -0.0141. The van der Waals surface area contributed by atoms with E-state index in [1.165, 1.54) is 44.9 Å². The van der Waals surface area contributed by atoms with Crippen LogP contribution in [0.5, 0.6) is 0 Å². The molecule has 1 nitrogen and oxygen atoms in total. The third kappa shape index (κ3) is 3.66. The molecule has 1 heteroatoms. The molecule has 0 aromatic rings. The molecule has 3 saturated carbocycles. The Morgan fingerprint density at radius 2 is 1.83 bits per heavy atom. The molecule has 0 aliphatic heterocycles. The van der Waals surface area contributed by atoms with E-state index in [0.717, 1.165) is 42.4 Å². The van der Waals surface area contributed by atoms with Crippen LogP contribution in [0.25, 0.3) is 0 Å². The van der Waals surface area contributed by atoms with Gasteiger partial charge in [-0.1, -0.05) is 65.3 Å². The predicted molar refractivity (Wildman–Crippen MR) is 128 cm³/mol. The second kappa shape index (κ2) is 8.42. The zero-order valence-corrected chi connectivity index (χ0v) is 20.7. The van der Waals surface area contributed by atoms with Gasteiger partial charge in [0.25, 0.3) is 0 Å². The molecule has 30 heavy (non-hydrogen) atoms. The van der Waals surface area contributed by atoms with Gasteiger partial charge in [-0.25, -0.2) is 0 Å². The molecule has 0 heterocycles. The maximum atomic E-state index is 10.3. The van der Waals surface area contributed by atoms with Crippen LogP contribution in [0.15, 0.2) is 23.8 Å². The SMILES string of the molecule is CCC(C=CC(C)C1CCC2C3CCC4CC(O)CCC4(C)C3=CCC12C)C(C)C. The summed E-state index contributed by atoms with van der Waals surface area (Å²) in [5, 5.41) is 10.3. The molecule has 0 aromatic heterocycles. The average molecular weight is 413 g/mol. The summed E-state index contributed by atoms with van der Waals surface area (Å²) in [4.78, 5) is 0. The van der Waals surface area contributed by atoms with Gasteiger partial charge in [0, 0.05) is 0 Å². The van der Waals surface area contributed by atoms with Crippen molar-refractivity contribution in [3.63, 3.8) is 0 Å². The molecular weight excluding hydrogens is 364 g/mol. The van der Waals surface area contributed by atoms with E-state index in [0.29, 0.717) is 22.7 Å². The van der Waals surface area contributed by atoms with Gasteiger partial charge in [-0.2, -0.15) is 0 Å².